The van der Waals surface area contributed by atoms with Crippen molar-refractivity contribution in [1.29, 1.82) is 0 Å². The molecule has 2 fully saturated rings. The van der Waals surface area contributed by atoms with Crippen LogP contribution in [0.1, 0.15) is 84.1 Å². The van der Waals surface area contributed by atoms with Crippen molar-refractivity contribution in [1.82, 2.24) is 20.9 Å². The van der Waals surface area contributed by atoms with Gasteiger partial charge in [-0.15, -0.1) is 0 Å². The molecule has 3 aliphatic heterocycles. The largest absolute Gasteiger partial charge is 0.468 e. The third kappa shape index (κ3) is 11.5. The molecule has 1 aromatic carbocycles. The normalized spacial score (nSPS) is 26.7. The van der Waals surface area contributed by atoms with E-state index in [-0.39, 0.29) is 25.5 Å². The molecular weight excluding hydrogens is 660 g/mol. The van der Waals surface area contributed by atoms with Crippen LogP contribution in [0.15, 0.2) is 42.5 Å². The zero-order valence-corrected chi connectivity index (χ0v) is 30.0. The Labute approximate surface area is 299 Å². The second kappa shape index (κ2) is 18.7. The molecule has 0 spiro atoms. The number of rotatable bonds is 8. The summed E-state index contributed by atoms with van der Waals surface area (Å²) in [4.78, 5) is 80.7. The number of allylic oxidation sites excluding steroid dienone is 2. The van der Waals surface area contributed by atoms with Gasteiger partial charge < -0.3 is 39.8 Å². The maximum Gasteiger partial charge on any atom is 0.408 e. The molecule has 3 N–H and O–H groups in total. The van der Waals surface area contributed by atoms with E-state index in [1.165, 1.54) is 12.0 Å². The van der Waals surface area contributed by atoms with E-state index in [1.807, 2.05) is 44.2 Å². The first-order valence-electron chi connectivity index (χ1n) is 17.8. The highest BCUT2D eigenvalue weighted by molar-refractivity contribution is 5.93. The number of hydrogen-bond donors (Lipinski definition) is 3. The van der Waals surface area contributed by atoms with Crippen molar-refractivity contribution in [2.24, 2.45) is 5.92 Å². The average Bonchev–Trinajstić information content (AvgIpc) is 3.59. The van der Waals surface area contributed by atoms with Crippen molar-refractivity contribution >= 4 is 35.8 Å². The Morgan fingerprint density at radius 1 is 1.02 bits per heavy atom. The minimum absolute atomic E-state index is 0.0261. The summed E-state index contributed by atoms with van der Waals surface area (Å²) >= 11 is 0. The number of nitrogens with one attached hydrogen (secondary N) is 3. The standard InChI is InChI=1S/C37H52N4O10/c1-24(42)50-32(34(45)38-21-30(43)48-4)27-18-14-9-7-5-6-8-10-15-19-28(40-36(47)49-23-25-16-12-11-13-17-25)35(46)41-22-29-26(20-37(2,3)51-29)31(41)33(44)39-27/h5-6,11-13,16-17,26-29,31-32H,7-10,14-15,18-23H2,1-4H3,(H,38,45)(H,39,44)(H,40,47)/b6-5+/t26-,27-,28-,29?,31-,32?/m0/s1. The Balaban J connectivity index is 1.63. The Morgan fingerprint density at radius 3 is 2.37 bits per heavy atom. The molecule has 51 heavy (non-hydrogen) atoms. The van der Waals surface area contributed by atoms with E-state index < -0.39 is 78.2 Å². The van der Waals surface area contributed by atoms with Crippen molar-refractivity contribution in [2.45, 2.75) is 121 Å². The van der Waals surface area contributed by atoms with Crippen LogP contribution in [0.25, 0.3) is 0 Å². The van der Waals surface area contributed by atoms with Crippen LogP contribution in [0.2, 0.25) is 0 Å². The minimum Gasteiger partial charge on any atom is -0.468 e. The molecule has 1 aromatic rings. The minimum atomic E-state index is -1.46. The maximum absolute atomic E-state index is 14.4. The highest BCUT2D eigenvalue weighted by Crippen LogP contribution is 2.43. The van der Waals surface area contributed by atoms with Crippen molar-refractivity contribution in [3.05, 3.63) is 48.0 Å². The zero-order valence-electron chi connectivity index (χ0n) is 30.0. The Morgan fingerprint density at radius 2 is 1.71 bits per heavy atom. The number of nitrogens with zero attached hydrogens (tertiary/aromatic N) is 1. The molecule has 0 saturated carbocycles. The van der Waals surface area contributed by atoms with Crippen LogP contribution in [-0.4, -0.2) is 96.8 Å². The average molecular weight is 713 g/mol. The van der Waals surface area contributed by atoms with Gasteiger partial charge in [0.1, 0.15) is 25.2 Å². The molecule has 2 unspecified atom stereocenters. The summed E-state index contributed by atoms with van der Waals surface area (Å²) < 4.78 is 21.8. The van der Waals surface area contributed by atoms with E-state index in [4.69, 9.17) is 14.2 Å². The van der Waals surface area contributed by atoms with Gasteiger partial charge in [0.25, 0.3) is 5.91 Å². The van der Waals surface area contributed by atoms with Crippen molar-refractivity contribution in [3.63, 3.8) is 0 Å². The van der Waals surface area contributed by atoms with Gasteiger partial charge in [0.05, 0.1) is 24.9 Å². The SMILES string of the molecule is COC(=O)CNC(=O)C(OC(C)=O)[C@@H]1CCCC/C=C/CCCC[C@H](NC(=O)OCc2ccccc2)C(=O)N2CC3OC(C)(C)C[C@@H]3[C@H]2C(=O)N1. The van der Waals surface area contributed by atoms with Gasteiger partial charge in [0.15, 0.2) is 6.10 Å². The first kappa shape index (κ1) is 39.3. The number of esters is 2. The van der Waals surface area contributed by atoms with Crippen LogP contribution >= 0.6 is 0 Å². The summed E-state index contributed by atoms with van der Waals surface area (Å²) in [5.74, 6) is -3.56. The van der Waals surface area contributed by atoms with E-state index in [1.54, 1.807) is 0 Å². The van der Waals surface area contributed by atoms with E-state index in [0.29, 0.717) is 25.7 Å². The van der Waals surface area contributed by atoms with Gasteiger partial charge in [-0.3, -0.25) is 24.0 Å². The molecule has 3 aliphatic rings. The summed E-state index contributed by atoms with van der Waals surface area (Å²) in [5.41, 5.74) is 0.251. The molecule has 3 heterocycles. The van der Waals surface area contributed by atoms with E-state index in [9.17, 15) is 28.8 Å². The first-order chi connectivity index (χ1) is 24.4. The van der Waals surface area contributed by atoms with Gasteiger partial charge in [0.2, 0.25) is 11.8 Å². The highest BCUT2D eigenvalue weighted by atomic mass is 16.6. The molecule has 0 radical (unpaired) electrons. The van der Waals surface area contributed by atoms with Crippen LogP contribution in [0.5, 0.6) is 0 Å². The Hall–Kier alpha value is -4.46. The molecule has 0 aliphatic carbocycles. The summed E-state index contributed by atoms with van der Waals surface area (Å²) in [6, 6.07) is 6.25. The molecule has 2 saturated heterocycles. The van der Waals surface area contributed by atoms with E-state index in [0.717, 1.165) is 38.2 Å². The van der Waals surface area contributed by atoms with Crippen molar-refractivity contribution < 1.29 is 47.7 Å². The number of ether oxygens (including phenoxy) is 4. The Bertz CT molecular complexity index is 1420. The number of alkyl carbamates (subject to hydrolysis) is 1. The quantitative estimate of drug-likeness (QED) is 0.206. The number of amides is 4. The lowest BCUT2D eigenvalue weighted by Gasteiger charge is -2.34. The summed E-state index contributed by atoms with van der Waals surface area (Å²) in [6.07, 6.45) is 6.92. The Kier molecular flexibility index (Phi) is 14.4. The smallest absolute Gasteiger partial charge is 0.408 e. The number of hydrogen-bond acceptors (Lipinski definition) is 10. The fourth-order valence-corrected chi connectivity index (χ4v) is 7.07. The first-order valence-corrected chi connectivity index (χ1v) is 17.8. The fourth-order valence-electron chi connectivity index (χ4n) is 7.07. The van der Waals surface area contributed by atoms with Gasteiger partial charge in [-0.25, -0.2) is 4.79 Å². The van der Waals surface area contributed by atoms with Crippen molar-refractivity contribution in [2.75, 3.05) is 20.2 Å². The molecule has 4 amide bonds. The summed E-state index contributed by atoms with van der Waals surface area (Å²) in [5, 5.41) is 8.15. The zero-order chi connectivity index (χ0) is 37.0. The topological polar surface area (TPSA) is 179 Å². The molecular formula is C37H52N4O10. The second-order valence-corrected chi connectivity index (χ2v) is 14.0. The van der Waals surface area contributed by atoms with Gasteiger partial charge in [-0.05, 0) is 64.4 Å². The van der Waals surface area contributed by atoms with Crippen LogP contribution < -0.4 is 16.0 Å². The third-order valence-corrected chi connectivity index (χ3v) is 9.44. The number of methoxy groups -OCH3 is 1. The highest BCUT2D eigenvalue weighted by Gasteiger charge is 2.56. The molecule has 0 bridgehead atoms. The van der Waals surface area contributed by atoms with Crippen LogP contribution in [0.4, 0.5) is 4.79 Å². The number of carbonyl (C=O) groups excluding carboxylic acids is 6. The van der Waals surface area contributed by atoms with E-state index >= 15 is 0 Å². The number of benzene rings is 1. The van der Waals surface area contributed by atoms with Crippen molar-refractivity contribution in [3.8, 4) is 0 Å². The lowest BCUT2D eigenvalue weighted by atomic mass is 9.89. The molecule has 14 heteroatoms. The molecule has 14 nitrogen and oxygen atoms in total. The second-order valence-electron chi connectivity index (χ2n) is 14.0. The van der Waals surface area contributed by atoms with Gasteiger partial charge in [0, 0.05) is 19.4 Å². The maximum atomic E-state index is 14.4. The molecule has 280 valence electrons. The van der Waals surface area contributed by atoms with Gasteiger partial charge in [-0.2, -0.15) is 0 Å². The predicted molar refractivity (Wildman–Crippen MR) is 185 cm³/mol. The lowest BCUT2D eigenvalue weighted by molar-refractivity contribution is -0.157. The number of fused-ring (bicyclic) bond motifs is 3. The van der Waals surface area contributed by atoms with Crippen LogP contribution in [0.3, 0.4) is 0 Å². The lowest BCUT2D eigenvalue weighted by Crippen LogP contribution is -2.59. The van der Waals surface area contributed by atoms with Gasteiger partial charge >= 0.3 is 18.0 Å². The van der Waals surface area contributed by atoms with E-state index in [2.05, 4.69) is 32.8 Å². The predicted octanol–water partition coefficient (Wildman–Crippen LogP) is 3.07. The van der Waals surface area contributed by atoms with Gasteiger partial charge in [-0.1, -0.05) is 55.3 Å². The summed E-state index contributed by atoms with van der Waals surface area (Å²) in [6.45, 7) is 4.72. The molecule has 6 atom stereocenters. The monoisotopic (exact) mass is 712 g/mol. The van der Waals surface area contributed by atoms with Crippen LogP contribution in [-0.2, 0) is 49.5 Å². The summed E-state index contributed by atoms with van der Waals surface area (Å²) in [7, 11) is 1.18. The third-order valence-electron chi connectivity index (χ3n) is 9.44. The molecule has 0 aromatic heterocycles. The van der Waals surface area contributed by atoms with Crippen LogP contribution in [0, 0.1) is 5.92 Å². The molecule has 4 rings (SSSR count). The fraction of sp³-hybridized carbons (Fsp3) is 0.622. The number of carbonyl (C=O) groups is 6.